The smallest absolute Gasteiger partial charge is 0.226 e. The number of guanidine groups is 1. The van der Waals surface area contributed by atoms with Crippen molar-refractivity contribution < 1.29 is 13.9 Å². The van der Waals surface area contributed by atoms with Gasteiger partial charge in [-0.3, -0.25) is 0 Å². The van der Waals surface area contributed by atoms with Gasteiger partial charge < -0.3 is 24.9 Å². The molecule has 0 aliphatic heterocycles. The van der Waals surface area contributed by atoms with Crippen molar-refractivity contribution in [2.45, 2.75) is 13.1 Å². The molecule has 0 aliphatic carbocycles. The van der Waals surface area contributed by atoms with Crippen LogP contribution in [0.25, 0.3) is 11.5 Å². The summed E-state index contributed by atoms with van der Waals surface area (Å²) in [4.78, 5) is 8.78. The predicted molar refractivity (Wildman–Crippen MR) is 119 cm³/mol. The summed E-state index contributed by atoms with van der Waals surface area (Å²) in [5.41, 5.74) is 8.58. The molecule has 3 N–H and O–H groups in total. The van der Waals surface area contributed by atoms with E-state index < -0.39 is 0 Å². The summed E-state index contributed by atoms with van der Waals surface area (Å²) in [6, 6.07) is 15.4. The molecule has 0 spiro atoms. The molecule has 3 aromatic rings. The number of nitrogens with zero attached hydrogens (tertiary/aromatic N) is 2. The van der Waals surface area contributed by atoms with E-state index in [1.807, 2.05) is 48.5 Å². The van der Waals surface area contributed by atoms with E-state index in [0.717, 1.165) is 16.8 Å². The fourth-order valence-corrected chi connectivity index (χ4v) is 2.49. The third-order valence-electron chi connectivity index (χ3n) is 3.90. The molecule has 0 fully saturated rings. The van der Waals surface area contributed by atoms with Crippen molar-refractivity contribution in [2.24, 2.45) is 10.7 Å². The highest BCUT2D eigenvalue weighted by Crippen LogP contribution is 2.27. The van der Waals surface area contributed by atoms with Gasteiger partial charge in [-0.15, -0.1) is 24.0 Å². The minimum Gasteiger partial charge on any atom is -0.493 e. The van der Waals surface area contributed by atoms with Crippen LogP contribution in [-0.4, -0.2) is 25.2 Å². The zero-order chi connectivity index (χ0) is 19.1. The monoisotopic (exact) mass is 494 g/mol. The minimum atomic E-state index is 0. The molecule has 3 rings (SSSR count). The van der Waals surface area contributed by atoms with Crippen molar-refractivity contribution in [1.82, 2.24) is 10.3 Å². The summed E-state index contributed by atoms with van der Waals surface area (Å²) < 4.78 is 16.0. The molecule has 2 aromatic carbocycles. The van der Waals surface area contributed by atoms with Crippen molar-refractivity contribution in [3.05, 3.63) is 66.1 Å². The van der Waals surface area contributed by atoms with E-state index in [2.05, 4.69) is 15.3 Å². The van der Waals surface area contributed by atoms with Gasteiger partial charge in [0.2, 0.25) is 5.89 Å². The molecule has 7 nitrogen and oxygen atoms in total. The zero-order valence-corrected chi connectivity index (χ0v) is 18.0. The second-order valence-electron chi connectivity index (χ2n) is 5.75. The Bertz CT molecular complexity index is 913. The average Bonchev–Trinajstić information content (AvgIpc) is 3.20. The van der Waals surface area contributed by atoms with Crippen LogP contribution in [0.3, 0.4) is 0 Å². The molecule has 0 aliphatic rings. The zero-order valence-electron chi connectivity index (χ0n) is 15.7. The fourth-order valence-electron chi connectivity index (χ4n) is 2.49. The third kappa shape index (κ3) is 5.62. The molecule has 0 saturated heterocycles. The van der Waals surface area contributed by atoms with Gasteiger partial charge in [0, 0.05) is 5.56 Å². The number of oxazole rings is 1. The summed E-state index contributed by atoms with van der Waals surface area (Å²) in [5.74, 6) is 2.24. The highest BCUT2D eigenvalue weighted by atomic mass is 127. The van der Waals surface area contributed by atoms with Crippen molar-refractivity contribution in [2.75, 3.05) is 14.2 Å². The third-order valence-corrected chi connectivity index (χ3v) is 3.90. The summed E-state index contributed by atoms with van der Waals surface area (Å²) in [6.07, 6.45) is 1.61. The van der Waals surface area contributed by atoms with Gasteiger partial charge in [0.15, 0.2) is 17.5 Å². The number of rotatable bonds is 7. The topological polar surface area (TPSA) is 94.9 Å². The van der Waals surface area contributed by atoms with Gasteiger partial charge >= 0.3 is 0 Å². The lowest BCUT2D eigenvalue weighted by Gasteiger charge is -2.09. The van der Waals surface area contributed by atoms with Gasteiger partial charge in [-0.2, -0.15) is 0 Å². The van der Waals surface area contributed by atoms with Crippen LogP contribution in [0, 0.1) is 0 Å². The number of aliphatic imine (C=N–C) groups is 1. The molecule has 1 aromatic heterocycles. The summed E-state index contributed by atoms with van der Waals surface area (Å²) in [7, 11) is 3.20. The molecule has 1 heterocycles. The number of nitrogens with one attached hydrogen (secondary N) is 1. The number of hydrogen-bond donors (Lipinski definition) is 2. The standard InChI is InChI=1S/C20H22N4O3.HI/c1-25-17-9-8-14(10-18(17)26-2)11-22-20(21)23-12-16-13-27-19(24-16)15-6-4-3-5-7-15;/h3-10,13H,11-12H2,1-2H3,(H3,21,22,23);1H. The quantitative estimate of drug-likeness (QED) is 0.296. The molecule has 0 amide bonds. The molecule has 8 heteroatoms. The number of nitrogens with two attached hydrogens (primary N) is 1. The molecule has 0 bridgehead atoms. The SMILES string of the molecule is COc1ccc(CN=C(N)NCc2coc(-c3ccccc3)n2)cc1OC.I. The lowest BCUT2D eigenvalue weighted by molar-refractivity contribution is 0.354. The molecule has 148 valence electrons. The Morgan fingerprint density at radius 2 is 1.86 bits per heavy atom. The average molecular weight is 494 g/mol. The highest BCUT2D eigenvalue weighted by molar-refractivity contribution is 14.0. The lowest BCUT2D eigenvalue weighted by atomic mass is 10.2. The number of benzene rings is 2. The maximum atomic E-state index is 5.94. The summed E-state index contributed by atoms with van der Waals surface area (Å²) >= 11 is 0. The first-order chi connectivity index (χ1) is 13.2. The van der Waals surface area contributed by atoms with Crippen LogP contribution < -0.4 is 20.5 Å². The largest absolute Gasteiger partial charge is 0.493 e. The second kappa shape index (κ2) is 10.5. The Morgan fingerprint density at radius 1 is 1.11 bits per heavy atom. The number of ether oxygens (including phenoxy) is 2. The van der Waals surface area contributed by atoms with Gasteiger partial charge in [0.1, 0.15) is 6.26 Å². The van der Waals surface area contributed by atoms with E-state index in [1.54, 1.807) is 20.5 Å². The van der Waals surface area contributed by atoms with Crippen LogP contribution in [0.2, 0.25) is 0 Å². The van der Waals surface area contributed by atoms with Gasteiger partial charge in [-0.1, -0.05) is 24.3 Å². The summed E-state index contributed by atoms with van der Waals surface area (Å²) in [6.45, 7) is 0.852. The number of aromatic nitrogens is 1. The maximum Gasteiger partial charge on any atom is 0.226 e. The predicted octanol–water partition coefficient (Wildman–Crippen LogP) is 3.58. The molecule has 0 atom stereocenters. The van der Waals surface area contributed by atoms with Gasteiger partial charge in [0.25, 0.3) is 0 Å². The maximum absolute atomic E-state index is 5.94. The molecule has 0 unspecified atom stereocenters. The van der Waals surface area contributed by atoms with E-state index in [1.165, 1.54) is 0 Å². The first kappa shape index (κ1) is 21.5. The van der Waals surface area contributed by atoms with Crippen LogP contribution in [0.5, 0.6) is 11.5 Å². The Labute approximate surface area is 181 Å². The van der Waals surface area contributed by atoms with E-state index in [0.29, 0.717) is 36.4 Å². The Morgan fingerprint density at radius 3 is 2.57 bits per heavy atom. The molecular formula is C20H23IN4O3. The number of halogens is 1. The van der Waals surface area contributed by atoms with E-state index in [9.17, 15) is 0 Å². The lowest BCUT2D eigenvalue weighted by Crippen LogP contribution is -2.31. The highest BCUT2D eigenvalue weighted by Gasteiger charge is 2.07. The van der Waals surface area contributed by atoms with Crippen LogP contribution in [0.15, 0.2) is 64.2 Å². The van der Waals surface area contributed by atoms with Gasteiger partial charge in [-0.25, -0.2) is 9.98 Å². The van der Waals surface area contributed by atoms with Crippen LogP contribution in [-0.2, 0) is 13.1 Å². The normalized spacial score (nSPS) is 10.9. The van der Waals surface area contributed by atoms with Crippen molar-refractivity contribution in [1.29, 1.82) is 0 Å². The van der Waals surface area contributed by atoms with Crippen molar-refractivity contribution in [3.63, 3.8) is 0 Å². The molecular weight excluding hydrogens is 471 g/mol. The molecule has 0 saturated carbocycles. The molecule has 0 radical (unpaired) electrons. The summed E-state index contributed by atoms with van der Waals surface area (Å²) in [5, 5.41) is 3.03. The number of hydrogen-bond acceptors (Lipinski definition) is 5. The first-order valence-electron chi connectivity index (χ1n) is 8.44. The Balaban J connectivity index is 0.00000280. The first-order valence-corrected chi connectivity index (χ1v) is 8.44. The van der Waals surface area contributed by atoms with Crippen LogP contribution in [0.1, 0.15) is 11.3 Å². The minimum absolute atomic E-state index is 0. The van der Waals surface area contributed by atoms with E-state index in [4.69, 9.17) is 19.6 Å². The van der Waals surface area contributed by atoms with Crippen molar-refractivity contribution >= 4 is 29.9 Å². The van der Waals surface area contributed by atoms with Gasteiger partial charge in [0.05, 0.1) is 33.0 Å². The van der Waals surface area contributed by atoms with Crippen LogP contribution >= 0.6 is 24.0 Å². The molecule has 28 heavy (non-hydrogen) atoms. The van der Waals surface area contributed by atoms with Crippen LogP contribution in [0.4, 0.5) is 0 Å². The number of methoxy groups -OCH3 is 2. The van der Waals surface area contributed by atoms with Crippen molar-refractivity contribution in [3.8, 4) is 23.0 Å². The Kier molecular flexibility index (Phi) is 8.12. The fraction of sp³-hybridized carbons (Fsp3) is 0.200. The van der Waals surface area contributed by atoms with Gasteiger partial charge in [-0.05, 0) is 29.8 Å². The second-order valence-corrected chi connectivity index (χ2v) is 5.75. The Hall–Kier alpha value is -2.75. The van der Waals surface area contributed by atoms with E-state index in [-0.39, 0.29) is 24.0 Å². The van der Waals surface area contributed by atoms with E-state index >= 15 is 0 Å².